The molecule has 0 heterocycles. The van der Waals surface area contributed by atoms with Crippen LogP contribution in [0.2, 0.25) is 0 Å². The zero-order chi connectivity index (χ0) is 13.4. The van der Waals surface area contributed by atoms with Gasteiger partial charge in [-0.2, -0.15) is 0 Å². The molecule has 5 rings (SSSR count). The molecule has 0 unspecified atom stereocenters. The van der Waals surface area contributed by atoms with Gasteiger partial charge in [0.05, 0.1) is 0 Å². The van der Waals surface area contributed by atoms with E-state index in [0.717, 1.165) is 0 Å². The predicted octanol–water partition coefficient (Wildman–Crippen LogP) is 4.99. The first-order valence-corrected chi connectivity index (χ1v) is 7.40. The molecule has 0 aromatic heterocycles. The maximum Gasteiger partial charge on any atom is 0.0318 e. The molecule has 3 aliphatic rings. The molecular formula is C20H18. The van der Waals surface area contributed by atoms with Crippen molar-refractivity contribution in [2.45, 2.75) is 18.3 Å². The summed E-state index contributed by atoms with van der Waals surface area (Å²) in [7, 11) is 0. The first-order valence-electron chi connectivity index (χ1n) is 7.40. The van der Waals surface area contributed by atoms with E-state index in [9.17, 15) is 0 Å². The predicted molar refractivity (Wildman–Crippen MR) is 84.4 cm³/mol. The second-order valence-electron chi connectivity index (χ2n) is 5.88. The molecule has 20 heavy (non-hydrogen) atoms. The molecule has 2 aromatic carbocycles. The van der Waals surface area contributed by atoms with E-state index in [1.165, 1.54) is 29.5 Å². The molecule has 3 aliphatic carbocycles. The normalized spacial score (nSPS) is 27.4. The summed E-state index contributed by atoms with van der Waals surface area (Å²) in [6, 6.07) is 21.7. The monoisotopic (exact) mass is 258 g/mol. The van der Waals surface area contributed by atoms with Crippen molar-refractivity contribution in [3.05, 3.63) is 90.0 Å². The lowest BCUT2D eigenvalue weighted by atomic mass is 9.63. The molecule has 0 nitrogen and oxygen atoms in total. The number of allylic oxidation sites excluding steroid dienone is 4. The maximum absolute atomic E-state index is 2.51. The van der Waals surface area contributed by atoms with Crippen LogP contribution < -0.4 is 0 Å². The second-order valence-corrected chi connectivity index (χ2v) is 5.88. The third kappa shape index (κ3) is 1.76. The van der Waals surface area contributed by atoms with Gasteiger partial charge in [-0.15, -0.1) is 0 Å². The largest absolute Gasteiger partial charge is 0.0798 e. The topological polar surface area (TPSA) is 0 Å². The molecule has 0 N–H and O–H groups in total. The Labute approximate surface area is 120 Å². The molecule has 0 aliphatic heterocycles. The number of hydrogen-bond donors (Lipinski definition) is 0. The minimum Gasteiger partial charge on any atom is -0.0798 e. The SMILES string of the molecule is C1=C[C@]2(c3ccccc3)C=C(c3ccccc3)[C@H]1CC2. The Morgan fingerprint density at radius 3 is 2.20 bits per heavy atom. The highest BCUT2D eigenvalue weighted by atomic mass is 14.4. The Morgan fingerprint density at radius 1 is 0.850 bits per heavy atom. The fourth-order valence-corrected chi connectivity index (χ4v) is 3.63. The lowest BCUT2D eigenvalue weighted by molar-refractivity contribution is 0.481. The summed E-state index contributed by atoms with van der Waals surface area (Å²) in [6.07, 6.45) is 9.83. The summed E-state index contributed by atoms with van der Waals surface area (Å²) in [6.45, 7) is 0. The Kier molecular flexibility index (Phi) is 2.63. The van der Waals surface area contributed by atoms with Crippen molar-refractivity contribution in [2.75, 3.05) is 0 Å². The highest BCUT2D eigenvalue weighted by molar-refractivity contribution is 5.74. The van der Waals surface area contributed by atoms with Crippen LogP contribution in [0.25, 0.3) is 5.57 Å². The molecule has 0 amide bonds. The van der Waals surface area contributed by atoms with Crippen molar-refractivity contribution in [3.63, 3.8) is 0 Å². The van der Waals surface area contributed by atoms with Crippen LogP contribution in [0, 0.1) is 5.92 Å². The average molecular weight is 258 g/mol. The van der Waals surface area contributed by atoms with Crippen molar-refractivity contribution in [2.24, 2.45) is 5.92 Å². The van der Waals surface area contributed by atoms with E-state index in [0.29, 0.717) is 5.92 Å². The van der Waals surface area contributed by atoms with E-state index >= 15 is 0 Å². The van der Waals surface area contributed by atoms with Crippen LogP contribution >= 0.6 is 0 Å². The lowest BCUT2D eigenvalue weighted by Crippen LogP contribution is -2.31. The molecule has 2 bridgehead atoms. The number of rotatable bonds is 2. The first-order chi connectivity index (χ1) is 9.87. The number of fused-ring (bicyclic) bond motifs is 1. The quantitative estimate of drug-likeness (QED) is 0.666. The first kappa shape index (κ1) is 11.7. The van der Waals surface area contributed by atoms with Gasteiger partial charge in [0.15, 0.2) is 0 Å². The van der Waals surface area contributed by atoms with Crippen LogP contribution in [0.4, 0.5) is 0 Å². The zero-order valence-electron chi connectivity index (χ0n) is 11.5. The van der Waals surface area contributed by atoms with E-state index < -0.39 is 0 Å². The third-order valence-electron chi connectivity index (χ3n) is 4.73. The molecule has 98 valence electrons. The van der Waals surface area contributed by atoms with Gasteiger partial charge in [0.1, 0.15) is 0 Å². The molecule has 0 saturated carbocycles. The highest BCUT2D eigenvalue weighted by Gasteiger charge is 2.37. The minimum atomic E-state index is 0.112. The Hall–Kier alpha value is -2.08. The van der Waals surface area contributed by atoms with Crippen LogP contribution in [0.3, 0.4) is 0 Å². The molecule has 0 fully saturated rings. The molecule has 0 spiro atoms. The van der Waals surface area contributed by atoms with Gasteiger partial charge in [-0.05, 0) is 29.5 Å². The van der Waals surface area contributed by atoms with Gasteiger partial charge in [0, 0.05) is 11.3 Å². The van der Waals surface area contributed by atoms with Crippen LogP contribution in [-0.2, 0) is 5.41 Å². The van der Waals surface area contributed by atoms with Crippen molar-refractivity contribution in [1.82, 2.24) is 0 Å². The number of benzene rings is 2. The average Bonchev–Trinajstić information content (AvgIpc) is 2.57. The van der Waals surface area contributed by atoms with Crippen molar-refractivity contribution < 1.29 is 0 Å². The van der Waals surface area contributed by atoms with Gasteiger partial charge >= 0.3 is 0 Å². The third-order valence-corrected chi connectivity index (χ3v) is 4.73. The Balaban J connectivity index is 1.84. The zero-order valence-corrected chi connectivity index (χ0v) is 11.5. The summed E-state index contributed by atoms with van der Waals surface area (Å²) in [5.74, 6) is 0.600. The van der Waals surface area contributed by atoms with Crippen LogP contribution in [0.5, 0.6) is 0 Å². The summed E-state index contributed by atoms with van der Waals surface area (Å²) >= 11 is 0. The fraction of sp³-hybridized carbons (Fsp3) is 0.200. The Bertz CT molecular complexity index is 664. The molecule has 0 heteroatoms. The van der Waals surface area contributed by atoms with Crippen molar-refractivity contribution in [1.29, 1.82) is 0 Å². The molecule has 0 radical (unpaired) electrons. The van der Waals surface area contributed by atoms with Crippen LogP contribution in [-0.4, -0.2) is 0 Å². The molecule has 2 aromatic rings. The second kappa shape index (κ2) is 4.49. The fourth-order valence-electron chi connectivity index (χ4n) is 3.63. The maximum atomic E-state index is 2.51. The smallest absolute Gasteiger partial charge is 0.0318 e. The van der Waals surface area contributed by atoms with Gasteiger partial charge < -0.3 is 0 Å². The van der Waals surface area contributed by atoms with Gasteiger partial charge in [-0.3, -0.25) is 0 Å². The van der Waals surface area contributed by atoms with E-state index in [2.05, 4.69) is 78.9 Å². The van der Waals surface area contributed by atoms with Gasteiger partial charge in [0.25, 0.3) is 0 Å². The van der Waals surface area contributed by atoms with E-state index in [-0.39, 0.29) is 5.41 Å². The summed E-state index contributed by atoms with van der Waals surface area (Å²) in [5, 5.41) is 0. The molecule has 2 atom stereocenters. The standard InChI is InChI=1S/C20H18/c1-3-7-16(8-4-1)19-15-20(13-11-17(19)12-14-20)18-9-5-2-6-10-18/h1-11,13,15,17H,12,14H2/t17-,20-/m1/s1. The van der Waals surface area contributed by atoms with Crippen molar-refractivity contribution >= 4 is 5.57 Å². The summed E-state index contributed by atoms with van der Waals surface area (Å²) in [5.41, 5.74) is 4.41. The van der Waals surface area contributed by atoms with Crippen LogP contribution in [0.1, 0.15) is 24.0 Å². The van der Waals surface area contributed by atoms with Crippen LogP contribution in [0.15, 0.2) is 78.9 Å². The summed E-state index contributed by atoms with van der Waals surface area (Å²) in [4.78, 5) is 0. The highest BCUT2D eigenvalue weighted by Crippen LogP contribution is 2.48. The van der Waals surface area contributed by atoms with Gasteiger partial charge in [-0.1, -0.05) is 78.9 Å². The number of hydrogen-bond acceptors (Lipinski definition) is 0. The molecule has 0 saturated heterocycles. The Morgan fingerprint density at radius 2 is 1.55 bits per heavy atom. The van der Waals surface area contributed by atoms with E-state index in [1.54, 1.807) is 0 Å². The molecular weight excluding hydrogens is 240 g/mol. The van der Waals surface area contributed by atoms with Crippen molar-refractivity contribution in [3.8, 4) is 0 Å². The minimum absolute atomic E-state index is 0.112. The van der Waals surface area contributed by atoms with Gasteiger partial charge in [0.2, 0.25) is 0 Å². The summed E-state index contributed by atoms with van der Waals surface area (Å²) < 4.78 is 0. The van der Waals surface area contributed by atoms with Gasteiger partial charge in [-0.25, -0.2) is 0 Å². The lowest BCUT2D eigenvalue weighted by Gasteiger charge is -2.41. The van der Waals surface area contributed by atoms with E-state index in [1.807, 2.05) is 0 Å². The van der Waals surface area contributed by atoms with E-state index in [4.69, 9.17) is 0 Å².